The maximum absolute atomic E-state index is 13.0. The third kappa shape index (κ3) is 4.43. The van der Waals surface area contributed by atoms with Crippen LogP contribution in [0.4, 0.5) is 10.2 Å². The molecule has 0 aromatic carbocycles. The largest absolute Gasteiger partial charge is 0.543 e. The number of nitrogens with zero attached hydrogens (tertiary/aromatic N) is 6. The summed E-state index contributed by atoms with van der Waals surface area (Å²) in [6, 6.07) is 2.29. The number of carbonyl (C=O) groups is 3. The second kappa shape index (κ2) is 9.88. The van der Waals surface area contributed by atoms with Crippen LogP contribution in [0.15, 0.2) is 52.1 Å². The molecule has 6 N–H and O–H groups in total. The summed E-state index contributed by atoms with van der Waals surface area (Å²) in [7, 11) is 0. The van der Waals surface area contributed by atoms with Gasteiger partial charge in [0.2, 0.25) is 5.82 Å². The van der Waals surface area contributed by atoms with Gasteiger partial charge in [0.15, 0.2) is 5.71 Å². The van der Waals surface area contributed by atoms with Gasteiger partial charge in [-0.1, -0.05) is 19.3 Å². The number of carboxylic acid groups (broad SMARTS) is 1. The van der Waals surface area contributed by atoms with Gasteiger partial charge in [-0.25, -0.2) is 14.8 Å². The first kappa shape index (κ1) is 24.8. The molecule has 194 valence electrons. The summed E-state index contributed by atoms with van der Waals surface area (Å²) in [5.74, 6) is 3.22. The first-order chi connectivity index (χ1) is 17.8. The fourth-order valence-corrected chi connectivity index (χ4v) is 5.93. The number of nitrogen functional groups attached to an aromatic ring is 1. The van der Waals surface area contributed by atoms with Gasteiger partial charge in [0.1, 0.15) is 18.0 Å². The van der Waals surface area contributed by atoms with Crippen LogP contribution >= 0.6 is 23.7 Å². The Labute approximate surface area is 216 Å². The Morgan fingerprint density at radius 2 is 2.24 bits per heavy atom. The van der Waals surface area contributed by atoms with Gasteiger partial charge < -0.3 is 25.8 Å². The molecular weight excluding hydrogens is 531 g/mol. The van der Waals surface area contributed by atoms with Crippen LogP contribution in [0.1, 0.15) is 0 Å². The smallest absolute Gasteiger partial charge is 0.310 e. The molecule has 15 nitrogen and oxygen atoms in total. The molecule has 2 aromatic rings. The summed E-state index contributed by atoms with van der Waals surface area (Å²) >= 11 is 2.28. The number of carboxylic acids is 1. The zero-order chi connectivity index (χ0) is 26.3. The SMILES string of the molecule is Nc1cc[n+](CC2=C(C(=O)[O-])N3C(=O)[C@@H](NC(=O)/C(=N/OCF)C4=CSN(N)N4)[C@H]3SC2)c2ccnn12. The van der Waals surface area contributed by atoms with Crippen LogP contribution in [0, 0.1) is 0 Å². The number of nitrogens with two attached hydrogens (primary N) is 2. The molecule has 2 atom stereocenters. The molecule has 0 saturated carbocycles. The number of aliphatic carboxylic acids is 1. The van der Waals surface area contributed by atoms with Crippen LogP contribution in [-0.2, 0) is 25.8 Å². The average Bonchev–Trinajstić information content (AvgIpc) is 3.54. The van der Waals surface area contributed by atoms with Gasteiger partial charge >= 0.3 is 5.65 Å². The number of rotatable bonds is 8. The summed E-state index contributed by atoms with van der Waals surface area (Å²) in [6.07, 6.45) is 3.25. The number of amides is 2. The standard InChI is InChI=1S/C19H19FN10O5S2/c20-8-35-26-13(10-7-37-30(22)25-10)16(31)24-14-17(32)28-15(19(33)34)9(6-36-18(14)28)5-27-4-2-11(21)29-12(27)1-3-23-29/h1-4,7,14,18,21,25H,5-6,8,22H2,(H2,24,31,33,34)/b26-13+/t14-,18-/m1/s1. The van der Waals surface area contributed by atoms with Crippen molar-refractivity contribution >= 4 is 58.7 Å². The van der Waals surface area contributed by atoms with Gasteiger partial charge in [-0.2, -0.15) is 0 Å². The number of fused-ring (bicyclic) bond motifs is 2. The highest BCUT2D eigenvalue weighted by Crippen LogP contribution is 2.40. The molecule has 2 aromatic heterocycles. The quantitative estimate of drug-likeness (QED) is 0.0653. The number of halogens is 1. The Kier molecular flexibility index (Phi) is 6.63. The zero-order valence-corrected chi connectivity index (χ0v) is 20.4. The van der Waals surface area contributed by atoms with Gasteiger partial charge in [-0.3, -0.25) is 19.9 Å². The minimum atomic E-state index is -1.52. The highest BCUT2D eigenvalue weighted by molar-refractivity contribution is 8.00. The molecule has 0 aliphatic carbocycles. The third-order valence-corrected chi connectivity index (χ3v) is 7.66. The highest BCUT2D eigenvalue weighted by atomic mass is 32.2. The molecule has 5 rings (SSSR count). The third-order valence-electron chi connectivity index (χ3n) is 5.66. The molecule has 18 heteroatoms. The molecule has 0 unspecified atom stereocenters. The summed E-state index contributed by atoms with van der Waals surface area (Å²) in [5.41, 5.74) is 9.14. The maximum Gasteiger partial charge on any atom is 0.310 e. The van der Waals surface area contributed by atoms with Crippen LogP contribution in [0.25, 0.3) is 5.65 Å². The first-order valence-corrected chi connectivity index (χ1v) is 12.4. The fourth-order valence-electron chi connectivity index (χ4n) is 4.06. The van der Waals surface area contributed by atoms with E-state index >= 15 is 0 Å². The molecule has 3 aliphatic heterocycles. The van der Waals surface area contributed by atoms with Crippen molar-refractivity contribution in [1.82, 2.24) is 29.8 Å². The van der Waals surface area contributed by atoms with Crippen molar-refractivity contribution < 1.29 is 33.3 Å². The Hall–Kier alpha value is -3.87. The lowest BCUT2D eigenvalue weighted by Gasteiger charge is -2.50. The van der Waals surface area contributed by atoms with E-state index in [0.29, 0.717) is 17.0 Å². The second-order valence-electron chi connectivity index (χ2n) is 7.82. The fraction of sp³-hybridized carbons (Fsp3) is 0.263. The van der Waals surface area contributed by atoms with Crippen LogP contribution in [0.2, 0.25) is 0 Å². The topological polar surface area (TPSA) is 200 Å². The Morgan fingerprint density at radius 1 is 1.43 bits per heavy atom. The average molecular weight is 551 g/mol. The Balaban J connectivity index is 1.36. The monoisotopic (exact) mass is 550 g/mol. The number of hydrogen-bond acceptors (Lipinski definition) is 13. The van der Waals surface area contributed by atoms with E-state index in [9.17, 15) is 23.9 Å². The van der Waals surface area contributed by atoms with Crippen molar-refractivity contribution in [3.8, 4) is 0 Å². The number of aromatic nitrogens is 3. The first-order valence-electron chi connectivity index (χ1n) is 10.6. The number of nitrogens with one attached hydrogen (secondary N) is 2. The van der Waals surface area contributed by atoms with Crippen molar-refractivity contribution in [2.45, 2.75) is 18.0 Å². The second-order valence-corrected chi connectivity index (χ2v) is 9.77. The molecule has 0 radical (unpaired) electrons. The van der Waals surface area contributed by atoms with Crippen LogP contribution < -0.4 is 32.0 Å². The van der Waals surface area contributed by atoms with E-state index in [0.717, 1.165) is 21.4 Å². The summed E-state index contributed by atoms with van der Waals surface area (Å²) in [5, 5.41) is 23.0. The lowest BCUT2D eigenvalue weighted by atomic mass is 10.0. The number of alkyl halides is 1. The summed E-state index contributed by atoms with van der Waals surface area (Å²) in [4.78, 5) is 43.5. The number of carbonyl (C=O) groups excluding carboxylic acids is 3. The van der Waals surface area contributed by atoms with Gasteiger partial charge in [-0.05, 0) is 11.9 Å². The van der Waals surface area contributed by atoms with E-state index in [-0.39, 0.29) is 29.4 Å². The van der Waals surface area contributed by atoms with Gasteiger partial charge in [-0.15, -0.1) is 11.8 Å². The molecule has 0 bridgehead atoms. The number of hydrazine groups is 2. The van der Waals surface area contributed by atoms with Gasteiger partial charge in [0, 0.05) is 22.8 Å². The van der Waals surface area contributed by atoms with Crippen molar-refractivity contribution in [2.24, 2.45) is 11.0 Å². The number of anilines is 1. The number of thioether (sulfide) groups is 1. The lowest BCUT2D eigenvalue weighted by molar-refractivity contribution is -0.666. The van der Waals surface area contributed by atoms with Gasteiger partial charge in [0.05, 0.1) is 35.8 Å². The van der Waals surface area contributed by atoms with E-state index in [1.807, 2.05) is 0 Å². The predicted octanol–water partition coefficient (Wildman–Crippen LogP) is -2.91. The number of hydrogen-bond donors (Lipinski definition) is 4. The normalized spacial score (nSPS) is 21.9. The van der Waals surface area contributed by atoms with E-state index in [4.69, 9.17) is 11.6 Å². The predicted molar refractivity (Wildman–Crippen MR) is 126 cm³/mol. The Bertz CT molecular complexity index is 1390. The van der Waals surface area contributed by atoms with E-state index < -0.39 is 36.1 Å². The van der Waals surface area contributed by atoms with Crippen molar-refractivity contribution in [1.29, 1.82) is 0 Å². The van der Waals surface area contributed by atoms with Crippen molar-refractivity contribution in [3.63, 3.8) is 0 Å². The van der Waals surface area contributed by atoms with E-state index in [1.165, 1.54) is 21.7 Å². The zero-order valence-electron chi connectivity index (χ0n) is 18.7. The van der Waals surface area contributed by atoms with Crippen molar-refractivity contribution in [3.05, 3.63) is 46.9 Å². The molecule has 2 amide bonds. The summed E-state index contributed by atoms with van der Waals surface area (Å²) < 4.78 is 16.8. The molecule has 1 fully saturated rings. The molecule has 37 heavy (non-hydrogen) atoms. The molecule has 1 saturated heterocycles. The summed E-state index contributed by atoms with van der Waals surface area (Å²) in [6.45, 7) is -1.14. The number of β-lactam (4-membered cyclic amide) rings is 1. The van der Waals surface area contributed by atoms with E-state index in [2.05, 4.69) is 25.8 Å². The van der Waals surface area contributed by atoms with Crippen LogP contribution in [0.3, 0.4) is 0 Å². The molecule has 3 aliphatic rings. The molecular formula is C19H19FN10O5S2. The van der Waals surface area contributed by atoms with E-state index in [1.54, 1.807) is 29.1 Å². The minimum Gasteiger partial charge on any atom is -0.543 e. The molecule has 0 spiro atoms. The number of oxime groups is 1. The van der Waals surface area contributed by atoms with Crippen LogP contribution in [0.5, 0.6) is 0 Å². The van der Waals surface area contributed by atoms with Gasteiger partial charge in [0.25, 0.3) is 18.7 Å². The maximum atomic E-state index is 13.0. The van der Waals surface area contributed by atoms with Crippen LogP contribution in [-0.4, -0.2) is 66.6 Å². The molecule has 5 heterocycles. The Morgan fingerprint density at radius 3 is 2.95 bits per heavy atom. The van der Waals surface area contributed by atoms with Crippen molar-refractivity contribution in [2.75, 3.05) is 18.3 Å². The highest BCUT2D eigenvalue weighted by Gasteiger charge is 2.53. The lowest BCUT2D eigenvalue weighted by Crippen LogP contribution is -2.71. The minimum absolute atomic E-state index is 0.127.